The molecule has 0 unspecified atom stereocenters. The number of esters is 1. The molecule has 0 bridgehead atoms. The summed E-state index contributed by atoms with van der Waals surface area (Å²) in [5.74, 6) is 1.91. The van der Waals surface area contributed by atoms with Crippen molar-refractivity contribution < 1.29 is 9.53 Å². The predicted octanol–water partition coefficient (Wildman–Crippen LogP) is 7.36. The fourth-order valence-electron chi connectivity index (χ4n) is 3.90. The monoisotopic (exact) mass is 368 g/mol. The Labute approximate surface area is 165 Å². The van der Waals surface area contributed by atoms with Crippen LogP contribution in [0.3, 0.4) is 0 Å². The summed E-state index contributed by atoms with van der Waals surface area (Å²) in [6.07, 6.45) is 20.1. The molecule has 0 radical (unpaired) electrons. The highest BCUT2D eigenvalue weighted by molar-refractivity contribution is 5.84. The number of rotatable bonds is 10. The van der Waals surface area contributed by atoms with Crippen molar-refractivity contribution in [3.63, 3.8) is 0 Å². The van der Waals surface area contributed by atoms with Gasteiger partial charge in [0.05, 0.1) is 0 Å². The van der Waals surface area contributed by atoms with E-state index < -0.39 is 0 Å². The molecule has 0 aliphatic heterocycles. The number of allylic oxidation sites excluding steroid dienone is 3. The third-order valence-electron chi connectivity index (χ3n) is 5.57. The van der Waals surface area contributed by atoms with Crippen LogP contribution >= 0.6 is 0 Å². The van der Waals surface area contributed by atoms with Gasteiger partial charge in [0.25, 0.3) is 0 Å². The van der Waals surface area contributed by atoms with Gasteiger partial charge in [0.15, 0.2) is 0 Å². The molecule has 0 spiro atoms. The van der Waals surface area contributed by atoms with Gasteiger partial charge in [-0.1, -0.05) is 76.3 Å². The van der Waals surface area contributed by atoms with E-state index in [2.05, 4.69) is 32.1 Å². The summed E-state index contributed by atoms with van der Waals surface area (Å²) in [5.41, 5.74) is 1.39. The summed E-state index contributed by atoms with van der Waals surface area (Å²) < 4.78 is 5.38. The van der Waals surface area contributed by atoms with E-state index in [1.54, 1.807) is 6.08 Å². The van der Waals surface area contributed by atoms with Gasteiger partial charge in [-0.2, -0.15) is 0 Å². The van der Waals surface area contributed by atoms with Crippen LogP contribution in [0.4, 0.5) is 0 Å². The maximum Gasteiger partial charge on any atom is 0.336 e. The van der Waals surface area contributed by atoms with Crippen molar-refractivity contribution in [3.8, 4) is 5.75 Å². The quantitative estimate of drug-likeness (QED) is 0.142. The van der Waals surface area contributed by atoms with Crippen molar-refractivity contribution in [3.05, 3.63) is 54.1 Å². The molecule has 1 aromatic carbocycles. The Morgan fingerprint density at radius 3 is 2.41 bits per heavy atom. The highest BCUT2D eigenvalue weighted by atomic mass is 16.5. The van der Waals surface area contributed by atoms with Gasteiger partial charge >= 0.3 is 5.97 Å². The number of hydrogen-bond acceptors (Lipinski definition) is 2. The Hall–Kier alpha value is -1.83. The lowest BCUT2D eigenvalue weighted by molar-refractivity contribution is -0.128. The number of ether oxygens (including phenoxy) is 1. The zero-order chi connectivity index (χ0) is 19.3. The van der Waals surface area contributed by atoms with Gasteiger partial charge < -0.3 is 4.74 Å². The van der Waals surface area contributed by atoms with Gasteiger partial charge in [0, 0.05) is 6.08 Å². The van der Waals surface area contributed by atoms with Gasteiger partial charge in [0.1, 0.15) is 5.75 Å². The molecular weight excluding hydrogens is 332 g/mol. The fourth-order valence-corrected chi connectivity index (χ4v) is 3.90. The van der Waals surface area contributed by atoms with Gasteiger partial charge in [-0.3, -0.25) is 0 Å². The summed E-state index contributed by atoms with van der Waals surface area (Å²) in [5, 5.41) is 0. The van der Waals surface area contributed by atoms with E-state index in [0.717, 1.165) is 18.8 Å². The van der Waals surface area contributed by atoms with E-state index in [0.29, 0.717) is 11.7 Å². The average Bonchev–Trinajstić information content (AvgIpc) is 2.69. The Kier molecular flexibility index (Phi) is 9.97. The Morgan fingerprint density at radius 2 is 1.74 bits per heavy atom. The number of carbonyl (C=O) groups excluding carboxylic acids is 1. The number of carbonyl (C=O) groups is 1. The first kappa shape index (κ1) is 21.5. The summed E-state index contributed by atoms with van der Waals surface area (Å²) in [4.78, 5) is 11.8. The van der Waals surface area contributed by atoms with Crippen molar-refractivity contribution >= 4 is 5.97 Å². The van der Waals surface area contributed by atoms with Crippen molar-refractivity contribution in [1.29, 1.82) is 0 Å². The summed E-state index contributed by atoms with van der Waals surface area (Å²) in [6.45, 7) is 4.41. The normalized spacial score (nSPS) is 20.4. The van der Waals surface area contributed by atoms with Crippen LogP contribution in [0.2, 0.25) is 0 Å². The van der Waals surface area contributed by atoms with Crippen molar-refractivity contribution in [2.45, 2.75) is 84.0 Å². The number of unbranched alkanes of at least 4 members (excludes halogenated alkanes) is 3. The molecular formula is C25H36O2. The summed E-state index contributed by atoms with van der Waals surface area (Å²) in [7, 11) is 0. The third-order valence-corrected chi connectivity index (χ3v) is 5.57. The molecule has 0 atom stereocenters. The average molecular weight is 369 g/mol. The Balaban J connectivity index is 1.76. The molecule has 0 amide bonds. The minimum Gasteiger partial charge on any atom is -0.423 e. The molecule has 0 saturated heterocycles. The molecule has 1 saturated carbocycles. The molecule has 1 aromatic rings. The van der Waals surface area contributed by atoms with Crippen molar-refractivity contribution in [1.82, 2.24) is 0 Å². The van der Waals surface area contributed by atoms with Gasteiger partial charge in [-0.25, -0.2) is 4.79 Å². The van der Waals surface area contributed by atoms with Crippen LogP contribution in [0.5, 0.6) is 5.75 Å². The SMILES string of the molecule is CCCC=CC=CC(=O)Oc1ccc(C2CCC(CCCCC)CC2)cc1. The molecule has 2 nitrogen and oxygen atoms in total. The van der Waals surface area contributed by atoms with E-state index in [4.69, 9.17) is 4.74 Å². The smallest absolute Gasteiger partial charge is 0.336 e. The second kappa shape index (κ2) is 12.5. The topological polar surface area (TPSA) is 26.3 Å². The lowest BCUT2D eigenvalue weighted by Crippen LogP contribution is -2.13. The molecule has 0 aromatic heterocycles. The second-order valence-corrected chi connectivity index (χ2v) is 7.78. The summed E-state index contributed by atoms with van der Waals surface area (Å²) in [6, 6.07) is 8.13. The fraction of sp³-hybridized carbons (Fsp3) is 0.560. The van der Waals surface area contributed by atoms with E-state index in [-0.39, 0.29) is 5.97 Å². The lowest BCUT2D eigenvalue weighted by atomic mass is 9.77. The van der Waals surface area contributed by atoms with Crippen LogP contribution in [0.15, 0.2) is 48.6 Å². The van der Waals surface area contributed by atoms with Crippen LogP contribution < -0.4 is 4.74 Å². The largest absolute Gasteiger partial charge is 0.423 e. The first-order valence-corrected chi connectivity index (χ1v) is 10.9. The molecule has 1 aliphatic rings. The zero-order valence-corrected chi connectivity index (χ0v) is 17.2. The van der Waals surface area contributed by atoms with E-state index in [9.17, 15) is 4.79 Å². The van der Waals surface area contributed by atoms with Crippen LogP contribution in [0, 0.1) is 5.92 Å². The molecule has 148 valence electrons. The van der Waals surface area contributed by atoms with Crippen LogP contribution in [-0.4, -0.2) is 5.97 Å². The highest BCUT2D eigenvalue weighted by Gasteiger charge is 2.22. The standard InChI is InChI=1S/C25H36O2/c1-3-5-7-8-10-12-25(26)27-24-19-17-23(18-20-24)22-15-13-21(14-16-22)11-9-6-4-2/h7-8,10,12,17-22H,3-6,9,11,13-16H2,1-2H3. The molecule has 1 fully saturated rings. The van der Waals surface area contributed by atoms with Crippen molar-refractivity contribution in [2.24, 2.45) is 5.92 Å². The second-order valence-electron chi connectivity index (χ2n) is 7.78. The maximum absolute atomic E-state index is 11.8. The number of hydrogen-bond donors (Lipinski definition) is 0. The van der Waals surface area contributed by atoms with Crippen molar-refractivity contribution in [2.75, 3.05) is 0 Å². The van der Waals surface area contributed by atoms with Gasteiger partial charge in [-0.15, -0.1) is 0 Å². The molecule has 2 heteroatoms. The molecule has 0 heterocycles. The van der Waals surface area contributed by atoms with E-state index in [1.807, 2.05) is 18.2 Å². The van der Waals surface area contributed by atoms with Gasteiger partial charge in [-0.05, 0) is 61.6 Å². The van der Waals surface area contributed by atoms with Crippen LogP contribution in [0.25, 0.3) is 0 Å². The van der Waals surface area contributed by atoms with Gasteiger partial charge in [0.2, 0.25) is 0 Å². The minimum absolute atomic E-state index is 0.323. The Bertz CT molecular complexity index is 589. The van der Waals surface area contributed by atoms with E-state index >= 15 is 0 Å². The lowest BCUT2D eigenvalue weighted by Gasteiger charge is -2.29. The third kappa shape index (κ3) is 8.15. The molecule has 27 heavy (non-hydrogen) atoms. The van der Waals surface area contributed by atoms with Crippen LogP contribution in [0.1, 0.15) is 89.5 Å². The summed E-state index contributed by atoms with van der Waals surface area (Å²) >= 11 is 0. The maximum atomic E-state index is 11.8. The minimum atomic E-state index is -0.323. The molecule has 0 N–H and O–H groups in total. The first-order valence-electron chi connectivity index (χ1n) is 10.9. The number of benzene rings is 1. The first-order chi connectivity index (χ1) is 13.2. The van der Waals surface area contributed by atoms with Crippen LogP contribution in [-0.2, 0) is 4.79 Å². The highest BCUT2D eigenvalue weighted by Crippen LogP contribution is 2.38. The molecule has 2 rings (SSSR count). The Morgan fingerprint density at radius 1 is 1.00 bits per heavy atom. The zero-order valence-electron chi connectivity index (χ0n) is 17.2. The van der Waals surface area contributed by atoms with E-state index in [1.165, 1.54) is 63.0 Å². The molecule has 1 aliphatic carbocycles. The predicted molar refractivity (Wildman–Crippen MR) is 114 cm³/mol.